The highest BCUT2D eigenvalue weighted by Crippen LogP contribution is 2.10. The van der Waals surface area contributed by atoms with Gasteiger partial charge in [-0.05, 0) is 46.9 Å². The molecule has 0 aliphatic carbocycles. The Morgan fingerprint density at radius 3 is 2.36 bits per heavy atom. The maximum atomic E-state index is 9.95. The number of nitro groups is 1. The SMILES string of the molecule is O=[N+]([O-])Nc1ccc(I)cc1. The number of rotatable bonds is 2. The first-order valence-corrected chi connectivity index (χ1v) is 3.93. The molecule has 0 heterocycles. The summed E-state index contributed by atoms with van der Waals surface area (Å²) in [6.07, 6.45) is 0. The average molecular weight is 264 g/mol. The zero-order valence-corrected chi connectivity index (χ0v) is 7.61. The molecule has 5 heteroatoms. The normalized spacial score (nSPS) is 9.18. The van der Waals surface area contributed by atoms with Crippen LogP contribution in [0.1, 0.15) is 0 Å². The van der Waals surface area contributed by atoms with Crippen molar-refractivity contribution in [1.29, 1.82) is 0 Å². The van der Waals surface area contributed by atoms with Gasteiger partial charge < -0.3 is 0 Å². The lowest BCUT2D eigenvalue weighted by atomic mass is 10.3. The van der Waals surface area contributed by atoms with Gasteiger partial charge in [-0.2, -0.15) is 0 Å². The second-order valence-electron chi connectivity index (χ2n) is 1.88. The van der Waals surface area contributed by atoms with Gasteiger partial charge >= 0.3 is 0 Å². The highest BCUT2D eigenvalue weighted by Gasteiger charge is 1.96. The summed E-state index contributed by atoms with van der Waals surface area (Å²) in [5.74, 6) is 0. The van der Waals surface area contributed by atoms with E-state index in [1.54, 1.807) is 24.3 Å². The van der Waals surface area contributed by atoms with Gasteiger partial charge in [0.2, 0.25) is 0 Å². The maximum Gasteiger partial charge on any atom is 0.162 e. The van der Waals surface area contributed by atoms with Crippen LogP contribution in [-0.2, 0) is 0 Å². The first-order valence-electron chi connectivity index (χ1n) is 2.85. The highest BCUT2D eigenvalue weighted by atomic mass is 127. The predicted molar refractivity (Wildman–Crippen MR) is 49.8 cm³/mol. The van der Waals surface area contributed by atoms with Gasteiger partial charge in [-0.25, -0.2) is 10.1 Å². The monoisotopic (exact) mass is 264 g/mol. The summed E-state index contributed by atoms with van der Waals surface area (Å²) in [6, 6.07) is 6.91. The van der Waals surface area contributed by atoms with Crippen LogP contribution in [0.15, 0.2) is 24.3 Å². The van der Waals surface area contributed by atoms with Gasteiger partial charge in [0.1, 0.15) is 5.69 Å². The summed E-state index contributed by atoms with van der Waals surface area (Å²) < 4.78 is 1.05. The largest absolute Gasteiger partial charge is 0.235 e. The number of benzene rings is 1. The molecule has 0 fully saturated rings. The molecule has 0 aliphatic heterocycles. The van der Waals surface area contributed by atoms with Gasteiger partial charge in [0.25, 0.3) is 0 Å². The molecule has 0 saturated heterocycles. The fourth-order valence-corrected chi connectivity index (χ4v) is 0.989. The minimum Gasteiger partial charge on any atom is -0.235 e. The van der Waals surface area contributed by atoms with Gasteiger partial charge in [-0.15, -0.1) is 5.43 Å². The molecule has 0 aromatic heterocycles. The third-order valence-corrected chi connectivity index (χ3v) is 1.78. The molecular formula is C6H5IN2O2. The quantitative estimate of drug-likeness (QED) is 0.504. The Kier molecular flexibility index (Phi) is 2.64. The molecule has 4 nitrogen and oxygen atoms in total. The lowest BCUT2D eigenvalue weighted by molar-refractivity contribution is -0.445. The van der Waals surface area contributed by atoms with E-state index in [0.29, 0.717) is 5.69 Å². The minimum absolute atomic E-state index is 0.496. The number of halogens is 1. The molecular weight excluding hydrogens is 259 g/mol. The van der Waals surface area contributed by atoms with E-state index in [1.807, 2.05) is 0 Å². The summed E-state index contributed by atoms with van der Waals surface area (Å²) >= 11 is 2.13. The maximum absolute atomic E-state index is 9.95. The van der Waals surface area contributed by atoms with Crippen LogP contribution in [0.2, 0.25) is 0 Å². The molecule has 1 aromatic rings. The summed E-state index contributed by atoms with van der Waals surface area (Å²) in [5, 5.41) is 9.37. The zero-order valence-electron chi connectivity index (χ0n) is 5.45. The van der Waals surface area contributed by atoms with Crippen LogP contribution in [-0.4, -0.2) is 5.03 Å². The van der Waals surface area contributed by atoms with E-state index in [1.165, 1.54) is 0 Å². The van der Waals surface area contributed by atoms with Gasteiger partial charge in [0, 0.05) is 3.57 Å². The lowest BCUT2D eigenvalue weighted by Gasteiger charge is -1.95. The van der Waals surface area contributed by atoms with Gasteiger partial charge in [0.05, 0.1) is 0 Å². The van der Waals surface area contributed by atoms with Crippen molar-refractivity contribution in [3.8, 4) is 0 Å². The molecule has 0 atom stereocenters. The van der Waals surface area contributed by atoms with Crippen LogP contribution in [0.5, 0.6) is 0 Å². The molecule has 0 spiro atoms. The smallest absolute Gasteiger partial charge is 0.162 e. The van der Waals surface area contributed by atoms with Crippen molar-refractivity contribution in [2.45, 2.75) is 0 Å². The van der Waals surface area contributed by atoms with Crippen LogP contribution in [0.25, 0.3) is 0 Å². The third-order valence-electron chi connectivity index (χ3n) is 1.06. The predicted octanol–water partition coefficient (Wildman–Crippen LogP) is 1.89. The van der Waals surface area contributed by atoms with Crippen LogP contribution in [0.3, 0.4) is 0 Å². The molecule has 0 bridgehead atoms. The Morgan fingerprint density at radius 1 is 1.36 bits per heavy atom. The summed E-state index contributed by atoms with van der Waals surface area (Å²) in [5.41, 5.74) is 2.55. The number of hydrogen-bond acceptors (Lipinski definition) is 2. The fourth-order valence-electron chi connectivity index (χ4n) is 0.630. The molecule has 1 N–H and O–H groups in total. The standard InChI is InChI=1S/C6H5IN2O2/c7-5-1-3-6(4-2-5)8-9(10)11/h1-4,8H. The van der Waals surface area contributed by atoms with E-state index < -0.39 is 5.03 Å². The molecule has 58 valence electrons. The number of anilines is 1. The first-order chi connectivity index (χ1) is 5.18. The van der Waals surface area contributed by atoms with Crippen molar-refractivity contribution >= 4 is 28.3 Å². The summed E-state index contributed by atoms with van der Waals surface area (Å²) in [4.78, 5) is 9.95. The third kappa shape index (κ3) is 2.71. The molecule has 0 amide bonds. The van der Waals surface area contributed by atoms with E-state index >= 15 is 0 Å². The topological polar surface area (TPSA) is 55.2 Å². The van der Waals surface area contributed by atoms with E-state index in [9.17, 15) is 10.1 Å². The zero-order chi connectivity index (χ0) is 8.27. The van der Waals surface area contributed by atoms with Crippen LogP contribution in [0, 0.1) is 13.7 Å². The minimum atomic E-state index is -0.581. The van der Waals surface area contributed by atoms with Gasteiger partial charge in [-0.3, -0.25) is 0 Å². The molecule has 0 radical (unpaired) electrons. The lowest BCUT2D eigenvalue weighted by Crippen LogP contribution is -2.07. The second kappa shape index (κ2) is 3.51. The van der Waals surface area contributed by atoms with E-state index in [0.717, 1.165) is 3.57 Å². The number of nitrogens with one attached hydrogen (secondary N) is 1. The van der Waals surface area contributed by atoms with Crippen molar-refractivity contribution in [1.82, 2.24) is 0 Å². The number of nitrogens with zero attached hydrogens (tertiary/aromatic N) is 1. The molecule has 0 saturated carbocycles. The van der Waals surface area contributed by atoms with Crippen LogP contribution >= 0.6 is 22.6 Å². The van der Waals surface area contributed by atoms with Crippen molar-refractivity contribution in [2.75, 3.05) is 5.43 Å². The Labute approximate surface area is 76.9 Å². The Balaban J connectivity index is 2.74. The average Bonchev–Trinajstić information content (AvgIpc) is 1.93. The molecule has 1 rings (SSSR count). The number of hydrogen-bond donors (Lipinski definition) is 1. The summed E-state index contributed by atoms with van der Waals surface area (Å²) in [6.45, 7) is 0. The van der Waals surface area contributed by atoms with Gasteiger partial charge in [-0.1, -0.05) is 0 Å². The van der Waals surface area contributed by atoms with Crippen molar-refractivity contribution < 1.29 is 5.03 Å². The molecule has 0 aliphatic rings. The highest BCUT2D eigenvalue weighted by molar-refractivity contribution is 14.1. The van der Waals surface area contributed by atoms with Crippen molar-refractivity contribution in [3.05, 3.63) is 37.9 Å². The fraction of sp³-hybridized carbons (Fsp3) is 0. The van der Waals surface area contributed by atoms with Crippen LogP contribution < -0.4 is 5.43 Å². The number of hydrazine groups is 1. The van der Waals surface area contributed by atoms with Crippen LogP contribution in [0.4, 0.5) is 5.69 Å². The Hall–Kier alpha value is -0.850. The van der Waals surface area contributed by atoms with Gasteiger partial charge in [0.15, 0.2) is 5.03 Å². The Bertz CT molecular complexity index is 260. The molecule has 0 unspecified atom stereocenters. The van der Waals surface area contributed by atoms with E-state index in [2.05, 4.69) is 28.0 Å². The van der Waals surface area contributed by atoms with Crippen molar-refractivity contribution in [2.24, 2.45) is 0 Å². The molecule has 11 heavy (non-hydrogen) atoms. The van der Waals surface area contributed by atoms with Crippen molar-refractivity contribution in [3.63, 3.8) is 0 Å². The summed E-state index contributed by atoms with van der Waals surface area (Å²) in [7, 11) is 0. The first kappa shape index (κ1) is 8.25. The Morgan fingerprint density at radius 2 is 1.91 bits per heavy atom. The van der Waals surface area contributed by atoms with E-state index in [4.69, 9.17) is 0 Å². The second-order valence-corrected chi connectivity index (χ2v) is 3.12. The molecule has 1 aromatic carbocycles. The van der Waals surface area contributed by atoms with E-state index in [-0.39, 0.29) is 0 Å².